The van der Waals surface area contributed by atoms with Crippen LogP contribution in [-0.2, 0) is 27.5 Å². The van der Waals surface area contributed by atoms with Gasteiger partial charge in [0.1, 0.15) is 18.6 Å². The number of ether oxygens (including phenoxy) is 2. The molecular weight excluding hydrogens is 596 g/mol. The largest absolute Gasteiger partial charge is 0.459 e. The molecule has 2 aliphatic rings. The molecular formula is C37H46N4O6. The van der Waals surface area contributed by atoms with Crippen LogP contribution in [0.4, 0.5) is 5.69 Å². The van der Waals surface area contributed by atoms with Crippen LogP contribution < -0.4 is 15.8 Å². The summed E-state index contributed by atoms with van der Waals surface area (Å²) < 4.78 is 11.6. The molecule has 2 aliphatic carbocycles. The number of nitrogens with one attached hydrogen (secondary N) is 1. The van der Waals surface area contributed by atoms with Gasteiger partial charge in [0.05, 0.1) is 10.5 Å². The Bertz CT molecular complexity index is 1470. The highest BCUT2D eigenvalue weighted by Gasteiger charge is 2.49. The van der Waals surface area contributed by atoms with Gasteiger partial charge < -0.3 is 20.5 Å². The number of carbonyl (C=O) groups is 2. The molecule has 0 amide bonds. The molecule has 0 aliphatic heterocycles. The molecule has 250 valence electrons. The zero-order valence-corrected chi connectivity index (χ0v) is 27.0. The molecule has 2 saturated carbocycles. The number of nitrogens with zero attached hydrogens (tertiary/aromatic N) is 2. The summed E-state index contributed by atoms with van der Waals surface area (Å²) in [4.78, 5) is 43.3. The normalized spacial score (nSPS) is 17.7. The first-order valence-corrected chi connectivity index (χ1v) is 17.0. The van der Waals surface area contributed by atoms with E-state index in [1.54, 1.807) is 18.2 Å². The van der Waals surface area contributed by atoms with Crippen LogP contribution in [0.15, 0.2) is 72.9 Å². The molecule has 1 heterocycles. The van der Waals surface area contributed by atoms with Crippen molar-refractivity contribution < 1.29 is 24.0 Å². The van der Waals surface area contributed by atoms with Gasteiger partial charge in [0, 0.05) is 25.1 Å². The average Bonchev–Trinajstić information content (AvgIpc) is 3.11. The predicted molar refractivity (Wildman–Crippen MR) is 179 cm³/mol. The van der Waals surface area contributed by atoms with Crippen molar-refractivity contribution in [1.82, 2.24) is 10.3 Å². The summed E-state index contributed by atoms with van der Waals surface area (Å²) in [6.07, 6.45) is 11.5. The van der Waals surface area contributed by atoms with E-state index in [9.17, 15) is 19.7 Å². The maximum atomic E-state index is 14.1. The summed E-state index contributed by atoms with van der Waals surface area (Å²) >= 11 is 0. The summed E-state index contributed by atoms with van der Waals surface area (Å²) in [6, 6.07) is 20.0. The van der Waals surface area contributed by atoms with Gasteiger partial charge in [0.2, 0.25) is 5.88 Å². The number of para-hydroxylation sites is 1. The van der Waals surface area contributed by atoms with Gasteiger partial charge in [-0.25, -0.2) is 9.78 Å². The Hall–Kier alpha value is -4.15. The maximum Gasteiger partial charge on any atom is 0.334 e. The van der Waals surface area contributed by atoms with Crippen molar-refractivity contribution >= 4 is 17.4 Å². The highest BCUT2D eigenvalue weighted by Crippen LogP contribution is 2.35. The molecule has 1 aromatic heterocycles. The van der Waals surface area contributed by atoms with Gasteiger partial charge in [-0.3, -0.25) is 14.9 Å². The third kappa shape index (κ3) is 9.02. The first kappa shape index (κ1) is 34.2. The molecule has 0 saturated heterocycles. The van der Waals surface area contributed by atoms with Gasteiger partial charge in [-0.05, 0) is 61.6 Å². The number of benzene rings is 2. The van der Waals surface area contributed by atoms with Crippen molar-refractivity contribution in [2.75, 3.05) is 0 Å². The summed E-state index contributed by atoms with van der Waals surface area (Å²) in [7, 11) is 0. The Morgan fingerprint density at radius 2 is 1.60 bits per heavy atom. The third-order valence-corrected chi connectivity index (χ3v) is 9.82. The lowest BCUT2D eigenvalue weighted by Gasteiger charge is -2.37. The second kappa shape index (κ2) is 16.6. The topological polar surface area (TPSA) is 147 Å². The quantitative estimate of drug-likeness (QED) is 0.0761. The Labute approximate surface area is 276 Å². The van der Waals surface area contributed by atoms with Crippen LogP contribution in [0.25, 0.3) is 0 Å². The maximum absolute atomic E-state index is 14.1. The van der Waals surface area contributed by atoms with E-state index in [0.717, 1.165) is 50.5 Å². The van der Waals surface area contributed by atoms with Crippen molar-refractivity contribution in [3.63, 3.8) is 0 Å². The van der Waals surface area contributed by atoms with E-state index >= 15 is 0 Å². The fraction of sp³-hybridized carbons (Fsp3) is 0.486. The van der Waals surface area contributed by atoms with Crippen molar-refractivity contribution in [3.8, 4) is 11.6 Å². The monoisotopic (exact) mass is 642 g/mol. The van der Waals surface area contributed by atoms with E-state index in [1.165, 1.54) is 12.6 Å². The van der Waals surface area contributed by atoms with Crippen LogP contribution in [0.2, 0.25) is 0 Å². The highest BCUT2D eigenvalue weighted by molar-refractivity contribution is 6.08. The Morgan fingerprint density at radius 3 is 2.26 bits per heavy atom. The molecule has 10 heteroatoms. The Kier molecular flexibility index (Phi) is 12.1. The molecule has 2 fully saturated rings. The first-order chi connectivity index (χ1) is 22.8. The lowest BCUT2D eigenvalue weighted by atomic mass is 9.71. The molecule has 2 aromatic carbocycles. The minimum absolute atomic E-state index is 0.0611. The summed E-state index contributed by atoms with van der Waals surface area (Å²) in [6.45, 7) is 0.264. The molecule has 10 nitrogen and oxygen atoms in total. The van der Waals surface area contributed by atoms with Crippen LogP contribution in [0.1, 0.15) is 88.2 Å². The third-order valence-electron chi connectivity index (χ3n) is 9.82. The van der Waals surface area contributed by atoms with Crippen LogP contribution >= 0.6 is 0 Å². The number of hydrogen-bond acceptors (Lipinski definition) is 9. The molecule has 47 heavy (non-hydrogen) atoms. The van der Waals surface area contributed by atoms with Crippen molar-refractivity contribution in [2.45, 2.75) is 102 Å². The van der Waals surface area contributed by atoms with Crippen molar-refractivity contribution in [1.29, 1.82) is 0 Å². The van der Waals surface area contributed by atoms with Crippen LogP contribution in [-0.4, -0.2) is 33.2 Å². The first-order valence-electron chi connectivity index (χ1n) is 17.0. The second-order valence-corrected chi connectivity index (χ2v) is 12.9. The number of rotatable bonds is 15. The number of pyridine rings is 1. The minimum Gasteiger partial charge on any atom is -0.459 e. The van der Waals surface area contributed by atoms with E-state index in [1.807, 2.05) is 48.5 Å². The average molecular weight is 643 g/mol. The number of ketones is 1. The van der Waals surface area contributed by atoms with Crippen LogP contribution in [0.3, 0.4) is 0 Å². The van der Waals surface area contributed by atoms with Crippen molar-refractivity contribution in [2.24, 2.45) is 17.6 Å². The summed E-state index contributed by atoms with van der Waals surface area (Å²) in [5.41, 5.74) is 6.32. The van der Waals surface area contributed by atoms with E-state index in [-0.39, 0.29) is 48.9 Å². The fourth-order valence-corrected chi connectivity index (χ4v) is 7.12. The number of nitro groups is 1. The minimum atomic E-state index is -1.71. The molecule has 5 rings (SSSR count). The molecule has 0 radical (unpaired) electrons. The number of esters is 1. The number of nitrogens with two attached hydrogens (primary N) is 1. The fourth-order valence-electron chi connectivity index (χ4n) is 7.12. The number of hydrogen-bond donors (Lipinski definition) is 2. The van der Waals surface area contributed by atoms with Crippen LogP contribution in [0.5, 0.6) is 11.6 Å². The molecule has 0 spiro atoms. The van der Waals surface area contributed by atoms with E-state index in [2.05, 4.69) is 10.3 Å². The molecule has 3 aromatic rings. The van der Waals surface area contributed by atoms with E-state index in [4.69, 9.17) is 15.2 Å². The number of carbonyl (C=O) groups excluding carboxylic acids is 2. The molecule has 0 bridgehead atoms. The highest BCUT2D eigenvalue weighted by atomic mass is 16.6. The van der Waals surface area contributed by atoms with E-state index < -0.39 is 16.4 Å². The smallest absolute Gasteiger partial charge is 0.334 e. The van der Waals surface area contributed by atoms with Gasteiger partial charge in [-0.15, -0.1) is 0 Å². The molecule has 2 atom stereocenters. The standard InChI is InChI=1S/C37H46N4O6/c38-37(30-17-9-3-10-18-30,36(43)46-26-27-13-5-1-6-14-27)34(42)22-21-32(28-15-7-2-8-16-28)39-24-29-23-35(40-25-33(29)41(44)45)47-31-19-11-4-12-20-31/h1,4-6,11-14,19-20,23,25,28,30,32,39H,2-3,7-10,15-18,21-22,24,26,38H2. The van der Waals surface area contributed by atoms with Gasteiger partial charge in [-0.1, -0.05) is 87.1 Å². The van der Waals surface area contributed by atoms with Gasteiger partial charge in [-0.2, -0.15) is 0 Å². The zero-order valence-electron chi connectivity index (χ0n) is 27.0. The molecule has 2 unspecified atom stereocenters. The van der Waals surface area contributed by atoms with Gasteiger partial charge in [0.25, 0.3) is 5.69 Å². The molecule has 3 N–H and O–H groups in total. The summed E-state index contributed by atoms with van der Waals surface area (Å²) in [5, 5.41) is 15.5. The van der Waals surface area contributed by atoms with Crippen molar-refractivity contribution in [3.05, 3.63) is 94.2 Å². The number of aromatic nitrogens is 1. The lowest BCUT2D eigenvalue weighted by molar-refractivity contribution is -0.386. The number of Topliss-reactive ketones (excluding diaryl/α,β-unsaturated/α-hetero) is 1. The van der Waals surface area contributed by atoms with Gasteiger partial charge >= 0.3 is 5.97 Å². The van der Waals surface area contributed by atoms with Gasteiger partial charge in [0.15, 0.2) is 11.3 Å². The summed E-state index contributed by atoms with van der Waals surface area (Å²) in [5.74, 6) is -0.0772. The predicted octanol–water partition coefficient (Wildman–Crippen LogP) is 7.19. The Morgan fingerprint density at radius 1 is 0.957 bits per heavy atom. The second-order valence-electron chi connectivity index (χ2n) is 12.9. The SMILES string of the molecule is NC(C(=O)CCC(NCc1cc(Oc2ccccc2)ncc1[N+](=O)[O-])C1CCCCC1)(C(=O)OCc1ccccc1)C1CCCCC1. The Balaban J connectivity index is 1.31. The van der Waals surface area contributed by atoms with Crippen LogP contribution in [0, 0.1) is 22.0 Å². The zero-order chi connectivity index (χ0) is 33.1. The van der Waals surface area contributed by atoms with E-state index in [0.29, 0.717) is 36.5 Å². The lowest BCUT2D eigenvalue weighted by Crippen LogP contribution is -2.61.